The maximum absolute atomic E-state index is 3.82. The first-order chi connectivity index (χ1) is 10.3. The Kier molecular flexibility index (Phi) is 14.3. The van der Waals surface area contributed by atoms with Crippen LogP contribution >= 0.6 is 0 Å². The highest BCUT2D eigenvalue weighted by atomic mass is 15.1. The van der Waals surface area contributed by atoms with Crippen molar-refractivity contribution in [1.29, 1.82) is 0 Å². The van der Waals surface area contributed by atoms with Crippen molar-refractivity contribution < 1.29 is 0 Å². The molecule has 2 saturated heterocycles. The van der Waals surface area contributed by atoms with Gasteiger partial charge in [-0.1, -0.05) is 26.3 Å². The Hall–Kier alpha value is -0.380. The molecule has 2 heterocycles. The van der Waals surface area contributed by atoms with Crippen LogP contribution in [0.4, 0.5) is 0 Å². The van der Waals surface area contributed by atoms with Gasteiger partial charge in [-0.05, 0) is 71.9 Å². The molecule has 2 aliphatic rings. The van der Waals surface area contributed by atoms with Gasteiger partial charge >= 0.3 is 0 Å². The second-order valence-corrected chi connectivity index (χ2v) is 5.89. The Morgan fingerprint density at radius 1 is 0.952 bits per heavy atom. The molecule has 126 valence electrons. The van der Waals surface area contributed by atoms with Crippen molar-refractivity contribution in [3.63, 3.8) is 0 Å². The van der Waals surface area contributed by atoms with Crippen LogP contribution in [0.5, 0.6) is 0 Å². The van der Waals surface area contributed by atoms with Crippen LogP contribution < -0.4 is 5.32 Å². The zero-order valence-electron chi connectivity index (χ0n) is 15.0. The highest BCUT2D eigenvalue weighted by Crippen LogP contribution is 2.20. The summed E-state index contributed by atoms with van der Waals surface area (Å²) in [6.45, 7) is 15.5. The number of hydrogen-bond acceptors (Lipinski definition) is 3. The van der Waals surface area contributed by atoms with Crippen LogP contribution in [0, 0.1) is 5.92 Å². The molecule has 1 N–H and O–H groups in total. The molecule has 2 rings (SSSR count). The summed E-state index contributed by atoms with van der Waals surface area (Å²) >= 11 is 0. The molecule has 0 atom stereocenters. The number of likely N-dealkylation sites (tertiary alicyclic amines) is 2. The first kappa shape index (κ1) is 20.6. The number of nitrogens with zero attached hydrogens (tertiary/aromatic N) is 2. The highest BCUT2D eigenvalue weighted by molar-refractivity contribution is 4.80. The van der Waals surface area contributed by atoms with Crippen LogP contribution in [0.25, 0.3) is 0 Å². The third-order valence-corrected chi connectivity index (χ3v) is 4.06. The molecule has 0 spiro atoms. The quantitative estimate of drug-likeness (QED) is 0.804. The molecule has 0 aliphatic carbocycles. The summed E-state index contributed by atoms with van der Waals surface area (Å²) in [7, 11) is 3.75. The van der Waals surface area contributed by atoms with Gasteiger partial charge in [-0.3, -0.25) is 4.90 Å². The van der Waals surface area contributed by atoms with E-state index in [2.05, 4.69) is 21.7 Å². The Labute approximate surface area is 133 Å². The average Bonchev–Trinajstić information content (AvgIpc) is 2.53. The van der Waals surface area contributed by atoms with Crippen LogP contribution in [-0.4, -0.2) is 63.2 Å². The number of piperidine rings is 2. The number of hydrogen-bond donors (Lipinski definition) is 1. The maximum Gasteiger partial charge on any atom is 0.0160 e. The molecule has 3 heteroatoms. The lowest BCUT2D eigenvalue weighted by Gasteiger charge is -2.35. The first-order valence-electron chi connectivity index (χ1n) is 8.94. The minimum absolute atomic E-state index is 0.958. The summed E-state index contributed by atoms with van der Waals surface area (Å²) in [5, 5.41) is 2.75. The summed E-state index contributed by atoms with van der Waals surface area (Å²) < 4.78 is 0. The lowest BCUT2D eigenvalue weighted by Crippen LogP contribution is -2.40. The largest absolute Gasteiger partial charge is 0.323 e. The normalized spacial score (nSPS) is 20.8. The minimum atomic E-state index is 0.958. The number of nitrogens with one attached hydrogen (secondary N) is 1. The van der Waals surface area contributed by atoms with E-state index < -0.39 is 0 Å². The summed E-state index contributed by atoms with van der Waals surface area (Å²) in [6, 6.07) is 0. The van der Waals surface area contributed by atoms with E-state index in [0.29, 0.717) is 0 Å². The van der Waals surface area contributed by atoms with Crippen molar-refractivity contribution in [2.45, 2.75) is 46.0 Å². The van der Waals surface area contributed by atoms with Crippen molar-refractivity contribution in [3.8, 4) is 0 Å². The van der Waals surface area contributed by atoms with Gasteiger partial charge in [-0.2, -0.15) is 0 Å². The van der Waals surface area contributed by atoms with E-state index in [1.165, 1.54) is 64.8 Å². The van der Waals surface area contributed by atoms with E-state index in [1.807, 2.05) is 34.0 Å². The van der Waals surface area contributed by atoms with Crippen molar-refractivity contribution in [2.24, 2.45) is 5.92 Å². The van der Waals surface area contributed by atoms with Gasteiger partial charge in [0.2, 0.25) is 0 Å². The predicted molar refractivity (Wildman–Crippen MR) is 96.0 cm³/mol. The van der Waals surface area contributed by atoms with Crippen molar-refractivity contribution in [2.75, 3.05) is 53.4 Å². The Bertz CT molecular complexity index is 217. The van der Waals surface area contributed by atoms with E-state index in [1.54, 1.807) is 0 Å². The van der Waals surface area contributed by atoms with Gasteiger partial charge in [0.15, 0.2) is 0 Å². The standard InChI is InChI=1S/C14H26N2.C2H7N.C2H6/c1-2-8-15-11-6-14(7-12-15)13-16-9-4-3-5-10-16;1-3-2;1-2/h2,14H,1,3-13H2;3H,1-2H3;1-2H3. The van der Waals surface area contributed by atoms with E-state index in [-0.39, 0.29) is 0 Å². The van der Waals surface area contributed by atoms with Crippen LogP contribution in [0.2, 0.25) is 0 Å². The lowest BCUT2D eigenvalue weighted by molar-refractivity contribution is 0.138. The van der Waals surface area contributed by atoms with Crippen molar-refractivity contribution in [1.82, 2.24) is 15.1 Å². The molecule has 2 fully saturated rings. The number of rotatable bonds is 4. The van der Waals surface area contributed by atoms with Crippen molar-refractivity contribution >= 4 is 0 Å². The molecule has 21 heavy (non-hydrogen) atoms. The molecule has 0 amide bonds. The summed E-state index contributed by atoms with van der Waals surface area (Å²) in [5.41, 5.74) is 0. The molecular weight excluding hydrogens is 258 g/mol. The van der Waals surface area contributed by atoms with E-state index >= 15 is 0 Å². The summed E-state index contributed by atoms with van der Waals surface area (Å²) in [4.78, 5) is 5.22. The van der Waals surface area contributed by atoms with Gasteiger partial charge < -0.3 is 10.2 Å². The third kappa shape index (κ3) is 10.0. The van der Waals surface area contributed by atoms with Crippen LogP contribution in [-0.2, 0) is 0 Å². The van der Waals surface area contributed by atoms with Gasteiger partial charge in [-0.25, -0.2) is 0 Å². The second kappa shape index (κ2) is 14.6. The van der Waals surface area contributed by atoms with E-state index in [4.69, 9.17) is 0 Å². The fourth-order valence-corrected chi connectivity index (χ4v) is 3.04. The molecule has 0 bridgehead atoms. The fourth-order valence-electron chi connectivity index (χ4n) is 3.04. The zero-order chi connectivity index (χ0) is 15.9. The molecule has 0 aromatic rings. The smallest absolute Gasteiger partial charge is 0.0160 e. The third-order valence-electron chi connectivity index (χ3n) is 4.06. The molecule has 3 nitrogen and oxygen atoms in total. The maximum atomic E-state index is 3.82. The zero-order valence-corrected chi connectivity index (χ0v) is 15.0. The van der Waals surface area contributed by atoms with Gasteiger partial charge in [0.1, 0.15) is 0 Å². The lowest BCUT2D eigenvalue weighted by atomic mass is 9.95. The SMILES string of the molecule is C=CCN1CCC(CN2CCCCC2)CC1.CC.CNC. The second-order valence-electron chi connectivity index (χ2n) is 5.89. The van der Waals surface area contributed by atoms with Crippen LogP contribution in [0.1, 0.15) is 46.0 Å². The molecule has 0 saturated carbocycles. The average molecular weight is 298 g/mol. The van der Waals surface area contributed by atoms with Gasteiger partial charge in [0.25, 0.3) is 0 Å². The molecule has 0 aromatic heterocycles. The van der Waals surface area contributed by atoms with Crippen LogP contribution in [0.3, 0.4) is 0 Å². The van der Waals surface area contributed by atoms with Gasteiger partial charge in [0.05, 0.1) is 0 Å². The highest BCUT2D eigenvalue weighted by Gasteiger charge is 2.21. The topological polar surface area (TPSA) is 18.5 Å². The molecule has 2 aliphatic heterocycles. The Morgan fingerprint density at radius 2 is 1.48 bits per heavy atom. The van der Waals surface area contributed by atoms with Crippen molar-refractivity contribution in [3.05, 3.63) is 12.7 Å². The van der Waals surface area contributed by atoms with E-state index in [9.17, 15) is 0 Å². The molecule has 0 radical (unpaired) electrons. The molecule has 0 aromatic carbocycles. The Balaban J connectivity index is 0.000000713. The fraction of sp³-hybridized carbons (Fsp3) is 0.889. The molecular formula is C18H39N3. The van der Waals surface area contributed by atoms with Gasteiger partial charge in [-0.15, -0.1) is 6.58 Å². The van der Waals surface area contributed by atoms with Gasteiger partial charge in [0, 0.05) is 13.1 Å². The van der Waals surface area contributed by atoms with Crippen LogP contribution in [0.15, 0.2) is 12.7 Å². The predicted octanol–water partition coefficient (Wildman–Crippen LogP) is 3.23. The molecule has 0 unspecified atom stereocenters. The minimum Gasteiger partial charge on any atom is -0.323 e. The monoisotopic (exact) mass is 297 g/mol. The summed E-state index contributed by atoms with van der Waals surface area (Å²) in [5.74, 6) is 0.958. The Morgan fingerprint density at radius 3 is 1.95 bits per heavy atom. The first-order valence-corrected chi connectivity index (χ1v) is 8.94. The van der Waals surface area contributed by atoms with E-state index in [0.717, 1.165) is 12.5 Å². The summed E-state index contributed by atoms with van der Waals surface area (Å²) in [6.07, 6.45) is 9.12.